The maximum Gasteiger partial charge on any atom is 0.338 e. The summed E-state index contributed by atoms with van der Waals surface area (Å²) in [4.78, 5) is 24.2. The van der Waals surface area contributed by atoms with Gasteiger partial charge in [0.25, 0.3) is 0 Å². The van der Waals surface area contributed by atoms with Crippen molar-refractivity contribution in [2.75, 3.05) is 6.61 Å². The molecule has 0 unspecified atom stereocenters. The van der Waals surface area contributed by atoms with E-state index >= 15 is 0 Å². The lowest BCUT2D eigenvalue weighted by Gasteiger charge is -2.23. The highest BCUT2D eigenvalue weighted by Crippen LogP contribution is 2.17. The van der Waals surface area contributed by atoms with Gasteiger partial charge in [-0.3, -0.25) is 0 Å². The number of rotatable bonds is 8. The molecule has 2 aromatic rings. The number of carbonyl (C=O) groups excluding carboxylic acids is 2. The van der Waals surface area contributed by atoms with E-state index in [0.29, 0.717) is 5.56 Å². The summed E-state index contributed by atoms with van der Waals surface area (Å²) in [5.74, 6) is -1.37. The van der Waals surface area contributed by atoms with E-state index in [2.05, 4.69) is 17.2 Å². The van der Waals surface area contributed by atoms with E-state index < -0.39 is 29.6 Å². The topological polar surface area (TPSA) is 65.0 Å². The molecule has 0 saturated carbocycles. The van der Waals surface area contributed by atoms with Crippen molar-refractivity contribution in [3.8, 4) is 0 Å². The van der Waals surface area contributed by atoms with Crippen LogP contribution in [0.25, 0.3) is 0 Å². The lowest BCUT2D eigenvalue weighted by atomic mass is 10.1. The van der Waals surface area contributed by atoms with Crippen LogP contribution in [0.5, 0.6) is 0 Å². The van der Waals surface area contributed by atoms with Crippen LogP contribution >= 0.6 is 24.4 Å². The lowest BCUT2D eigenvalue weighted by Crippen LogP contribution is -2.40. The number of benzene rings is 2. The molecule has 0 aromatic heterocycles. The second kappa shape index (κ2) is 10.7. The van der Waals surface area contributed by atoms with Crippen LogP contribution in [0, 0.1) is 0 Å². The third-order valence-corrected chi connectivity index (χ3v) is 4.02. The molecule has 0 bridgehead atoms. The Bertz CT molecular complexity index is 776. The van der Waals surface area contributed by atoms with Crippen molar-refractivity contribution >= 4 is 42.6 Å². The highest BCUT2D eigenvalue weighted by atomic mass is 35.5. The van der Waals surface area contributed by atoms with Gasteiger partial charge in [-0.15, -0.1) is 11.6 Å². The zero-order valence-electron chi connectivity index (χ0n) is 14.1. The van der Waals surface area contributed by atoms with E-state index in [1.807, 2.05) is 0 Å². The van der Waals surface area contributed by atoms with Gasteiger partial charge in [0.15, 0.2) is 12.3 Å². The fourth-order valence-corrected chi connectivity index (χ4v) is 2.54. The van der Waals surface area contributed by atoms with Crippen molar-refractivity contribution in [2.24, 2.45) is 4.40 Å². The number of hydrogen-bond acceptors (Lipinski definition) is 6. The minimum absolute atomic E-state index is 0.239. The van der Waals surface area contributed by atoms with Gasteiger partial charge in [-0.2, -0.15) is 0 Å². The third kappa shape index (κ3) is 6.37. The van der Waals surface area contributed by atoms with E-state index in [0.717, 1.165) is 6.21 Å². The summed E-state index contributed by atoms with van der Waals surface area (Å²) in [6, 6.07) is 16.3. The van der Waals surface area contributed by atoms with Gasteiger partial charge in [-0.05, 0) is 37.1 Å². The predicted octanol–water partition coefficient (Wildman–Crippen LogP) is 3.93. The molecule has 0 amide bonds. The average Bonchev–Trinajstić information content (AvgIpc) is 2.71. The lowest BCUT2D eigenvalue weighted by molar-refractivity contribution is 0.00723. The first-order valence-electron chi connectivity index (χ1n) is 7.97. The smallest absolute Gasteiger partial charge is 0.338 e. The maximum atomic E-state index is 14.3. The van der Waals surface area contributed by atoms with E-state index in [1.54, 1.807) is 48.5 Å². The van der Waals surface area contributed by atoms with Gasteiger partial charge in [-0.25, -0.2) is 18.4 Å². The molecule has 0 spiro atoms. The summed E-state index contributed by atoms with van der Waals surface area (Å²) in [6.07, 6.45) is -2.40. The number of hydrogen-bond donors (Lipinski definition) is 1. The standard InChI is InChI=1S/C19H17ClFNO4S/c20-15(12-25-18(23)13-7-3-1-4-8-13)17(16(21)11-22-27)26-19(24)14-9-5-2-6-10-14/h1-11,15-17,27H,12H2/b22-11-/t15-,16+,17+/m0/s1. The summed E-state index contributed by atoms with van der Waals surface area (Å²) >= 11 is 9.74. The number of alkyl halides is 2. The molecule has 8 heteroatoms. The maximum absolute atomic E-state index is 14.3. The average molecular weight is 410 g/mol. The van der Waals surface area contributed by atoms with Gasteiger partial charge < -0.3 is 9.47 Å². The van der Waals surface area contributed by atoms with E-state index in [1.165, 1.54) is 12.1 Å². The molecule has 2 aromatic carbocycles. The molecule has 0 aliphatic carbocycles. The predicted molar refractivity (Wildman–Crippen MR) is 104 cm³/mol. The fraction of sp³-hybridized carbons (Fsp3) is 0.211. The van der Waals surface area contributed by atoms with Crippen LogP contribution in [0.3, 0.4) is 0 Å². The second-order valence-electron chi connectivity index (χ2n) is 5.43. The molecule has 0 radical (unpaired) electrons. The van der Waals surface area contributed by atoms with Crippen molar-refractivity contribution in [3.63, 3.8) is 0 Å². The zero-order chi connectivity index (χ0) is 19.6. The van der Waals surface area contributed by atoms with Gasteiger partial charge in [0.05, 0.1) is 17.3 Å². The SMILES string of the molecule is O=C(OC[C@H](Cl)[C@@H](OC(=O)c1ccccc1)[C@H](F)/C=N\S)c1ccccc1. The Morgan fingerprint density at radius 1 is 1.04 bits per heavy atom. The molecule has 0 aliphatic heterocycles. The molecule has 2 rings (SSSR count). The molecule has 0 N–H and O–H groups in total. The van der Waals surface area contributed by atoms with Crippen LogP contribution in [-0.4, -0.2) is 42.4 Å². The molecule has 0 heterocycles. The van der Waals surface area contributed by atoms with Crippen molar-refractivity contribution < 1.29 is 23.5 Å². The highest BCUT2D eigenvalue weighted by Gasteiger charge is 2.32. The van der Waals surface area contributed by atoms with E-state index in [4.69, 9.17) is 21.1 Å². The molecular weight excluding hydrogens is 393 g/mol. The van der Waals surface area contributed by atoms with Gasteiger partial charge in [-0.1, -0.05) is 36.4 Å². The third-order valence-electron chi connectivity index (χ3n) is 3.52. The zero-order valence-corrected chi connectivity index (χ0v) is 15.7. The molecule has 27 heavy (non-hydrogen) atoms. The quantitative estimate of drug-likeness (QED) is 0.310. The van der Waals surface area contributed by atoms with E-state index in [-0.39, 0.29) is 12.2 Å². The Balaban J connectivity index is 2.04. The summed E-state index contributed by atoms with van der Waals surface area (Å²) in [5.41, 5.74) is 0.565. The largest absolute Gasteiger partial charge is 0.460 e. The first-order valence-corrected chi connectivity index (χ1v) is 8.80. The first kappa shape index (κ1) is 20.9. The van der Waals surface area contributed by atoms with Crippen molar-refractivity contribution in [1.82, 2.24) is 0 Å². The van der Waals surface area contributed by atoms with Gasteiger partial charge in [0, 0.05) is 0 Å². The van der Waals surface area contributed by atoms with Crippen LogP contribution in [0.2, 0.25) is 0 Å². The van der Waals surface area contributed by atoms with Crippen LogP contribution in [0.15, 0.2) is 65.1 Å². The van der Waals surface area contributed by atoms with Crippen molar-refractivity contribution in [3.05, 3.63) is 71.8 Å². The first-order chi connectivity index (χ1) is 13.0. The van der Waals surface area contributed by atoms with Gasteiger partial charge in [0.1, 0.15) is 12.0 Å². The minimum Gasteiger partial charge on any atom is -0.460 e. The van der Waals surface area contributed by atoms with Crippen LogP contribution < -0.4 is 0 Å². The monoisotopic (exact) mass is 409 g/mol. The molecule has 3 atom stereocenters. The molecule has 5 nitrogen and oxygen atoms in total. The highest BCUT2D eigenvalue weighted by molar-refractivity contribution is 7.78. The van der Waals surface area contributed by atoms with Crippen molar-refractivity contribution in [2.45, 2.75) is 17.7 Å². The van der Waals surface area contributed by atoms with E-state index in [9.17, 15) is 14.0 Å². The fourth-order valence-electron chi connectivity index (χ4n) is 2.16. The van der Waals surface area contributed by atoms with Crippen LogP contribution in [0.1, 0.15) is 20.7 Å². The summed E-state index contributed by atoms with van der Waals surface area (Å²) in [6.45, 7) is -0.358. The van der Waals surface area contributed by atoms with Gasteiger partial charge >= 0.3 is 11.9 Å². The molecular formula is C19H17ClFNO4S. The Morgan fingerprint density at radius 3 is 2.07 bits per heavy atom. The van der Waals surface area contributed by atoms with Crippen LogP contribution in [-0.2, 0) is 9.47 Å². The number of thiol groups is 1. The van der Waals surface area contributed by atoms with Crippen LogP contribution in [0.4, 0.5) is 4.39 Å². The molecule has 0 aliphatic rings. The Labute approximate surface area is 166 Å². The summed E-state index contributed by atoms with van der Waals surface area (Å²) in [5, 5.41) is -1.13. The number of carbonyl (C=O) groups is 2. The number of halogens is 2. The Morgan fingerprint density at radius 2 is 1.56 bits per heavy atom. The molecule has 0 fully saturated rings. The number of esters is 2. The molecule has 142 valence electrons. The van der Waals surface area contributed by atoms with Crippen molar-refractivity contribution in [1.29, 1.82) is 0 Å². The Hall–Kier alpha value is -2.38. The molecule has 0 saturated heterocycles. The van der Waals surface area contributed by atoms with Gasteiger partial charge in [0.2, 0.25) is 0 Å². The number of nitrogens with zero attached hydrogens (tertiary/aromatic N) is 1. The Kier molecular flexibility index (Phi) is 8.29. The second-order valence-corrected chi connectivity index (χ2v) is 6.22. The minimum atomic E-state index is -1.83. The number of ether oxygens (including phenoxy) is 2. The normalized spacial score (nSPS) is 14.3. The summed E-state index contributed by atoms with van der Waals surface area (Å²) < 4.78 is 27.9. The summed E-state index contributed by atoms with van der Waals surface area (Å²) in [7, 11) is 0.